The molecule has 0 bridgehead atoms. The molecule has 0 aliphatic heterocycles. The van der Waals surface area contributed by atoms with Gasteiger partial charge in [0.25, 0.3) is 11.7 Å². The maximum Gasteiger partial charge on any atom is 0.278 e. The molecule has 3 amide bonds. The Morgan fingerprint density at radius 2 is 1.57 bits per heavy atom. The third-order valence-electron chi connectivity index (χ3n) is 7.81. The monoisotopic (exact) mass is 598 g/mol. The van der Waals surface area contributed by atoms with Gasteiger partial charge in [-0.3, -0.25) is 14.4 Å². The zero-order chi connectivity index (χ0) is 32.7. The van der Waals surface area contributed by atoms with E-state index < -0.39 is 40.9 Å². The number of benzene rings is 3. The van der Waals surface area contributed by atoms with Gasteiger partial charge in [0.2, 0.25) is 11.8 Å². The number of carbonyl (C=O) groups excluding carboxylic acids is 3. The SMILES string of the molecule is Cc1cc(CCC[C@@H](C(=O)N[C@H](C(=O)N[C@H](C)c2ccccc2)C(C)(C)C)C(O)(O)C(N)=O)ccc1-c1ccc(C#N)cc1. The number of hydrogen-bond donors (Lipinski definition) is 5. The van der Waals surface area contributed by atoms with Crippen LogP contribution in [0.25, 0.3) is 11.1 Å². The molecule has 9 nitrogen and oxygen atoms in total. The summed E-state index contributed by atoms with van der Waals surface area (Å²) in [6, 6.07) is 23.3. The van der Waals surface area contributed by atoms with E-state index in [-0.39, 0.29) is 12.5 Å². The van der Waals surface area contributed by atoms with Crippen molar-refractivity contribution in [2.45, 2.75) is 71.8 Å². The van der Waals surface area contributed by atoms with Crippen molar-refractivity contribution in [3.8, 4) is 17.2 Å². The first-order valence-electron chi connectivity index (χ1n) is 14.7. The van der Waals surface area contributed by atoms with E-state index in [1.807, 2.05) is 74.5 Å². The predicted molar refractivity (Wildman–Crippen MR) is 169 cm³/mol. The zero-order valence-electron chi connectivity index (χ0n) is 25.9. The fraction of sp³-hybridized carbons (Fsp3) is 0.371. The molecule has 3 aromatic carbocycles. The Bertz CT molecular complexity index is 1500. The maximum atomic E-state index is 13.5. The molecule has 6 N–H and O–H groups in total. The van der Waals surface area contributed by atoms with Gasteiger partial charge in [-0.2, -0.15) is 5.26 Å². The van der Waals surface area contributed by atoms with Crippen LogP contribution in [0, 0.1) is 29.6 Å². The minimum absolute atomic E-state index is 0.0723. The number of aryl methyl sites for hydroxylation is 2. The van der Waals surface area contributed by atoms with E-state index in [9.17, 15) is 24.6 Å². The Morgan fingerprint density at radius 1 is 0.932 bits per heavy atom. The molecule has 3 atom stereocenters. The Balaban J connectivity index is 1.74. The summed E-state index contributed by atoms with van der Waals surface area (Å²) in [4.78, 5) is 38.9. The van der Waals surface area contributed by atoms with E-state index in [0.29, 0.717) is 18.4 Å². The second-order valence-electron chi connectivity index (χ2n) is 12.3. The molecule has 232 valence electrons. The number of nitrogens with one attached hydrogen (secondary N) is 2. The number of primary amides is 1. The topological polar surface area (TPSA) is 166 Å². The molecule has 0 heterocycles. The average molecular weight is 599 g/mol. The number of nitrogens with two attached hydrogens (primary N) is 1. The summed E-state index contributed by atoms with van der Waals surface area (Å²) in [6.45, 7) is 9.15. The van der Waals surface area contributed by atoms with Gasteiger partial charge in [-0.05, 0) is 78.5 Å². The van der Waals surface area contributed by atoms with Gasteiger partial charge in [0.05, 0.1) is 17.7 Å². The summed E-state index contributed by atoms with van der Waals surface area (Å²) in [5.41, 5.74) is 9.99. The summed E-state index contributed by atoms with van der Waals surface area (Å²) >= 11 is 0. The van der Waals surface area contributed by atoms with Crippen molar-refractivity contribution >= 4 is 17.7 Å². The first-order chi connectivity index (χ1) is 20.6. The standard InChI is InChI=1S/C35H42N4O5/c1-22-20-24(16-19-28(22)27-17-14-25(21-36)15-18-27)10-9-13-29(35(43,44)33(37)42)31(40)39-30(34(3,4)5)32(41)38-23(2)26-11-7-6-8-12-26/h6-8,11-12,14-20,23,29-30,43-44H,9-10,13H2,1-5H3,(H2,37,42)(H,38,41)(H,39,40)/t23-,29+,30-/m1/s1. The minimum atomic E-state index is -3.12. The number of nitrogens with zero attached hydrogens (tertiary/aromatic N) is 1. The van der Waals surface area contributed by atoms with Crippen LogP contribution in [0.4, 0.5) is 0 Å². The molecule has 9 heteroatoms. The summed E-state index contributed by atoms with van der Waals surface area (Å²) in [5.74, 6) is -7.48. The highest BCUT2D eigenvalue weighted by Crippen LogP contribution is 2.28. The smallest absolute Gasteiger partial charge is 0.278 e. The van der Waals surface area contributed by atoms with Crippen molar-refractivity contribution in [1.29, 1.82) is 5.26 Å². The number of carbonyl (C=O) groups is 3. The molecule has 3 rings (SSSR count). The fourth-order valence-corrected chi connectivity index (χ4v) is 5.17. The van der Waals surface area contributed by atoms with Gasteiger partial charge in [-0.25, -0.2) is 0 Å². The van der Waals surface area contributed by atoms with Crippen LogP contribution >= 0.6 is 0 Å². The summed E-state index contributed by atoms with van der Waals surface area (Å²) in [7, 11) is 0. The van der Waals surface area contributed by atoms with E-state index in [2.05, 4.69) is 16.7 Å². The Morgan fingerprint density at radius 3 is 2.11 bits per heavy atom. The molecule has 0 spiro atoms. The molecule has 0 unspecified atom stereocenters. The highest BCUT2D eigenvalue weighted by molar-refractivity contribution is 5.93. The van der Waals surface area contributed by atoms with Crippen LogP contribution in [0.1, 0.15) is 68.8 Å². The highest BCUT2D eigenvalue weighted by atomic mass is 16.5. The van der Waals surface area contributed by atoms with Crippen molar-refractivity contribution in [3.63, 3.8) is 0 Å². The number of amides is 3. The van der Waals surface area contributed by atoms with Crippen LogP contribution in [0.5, 0.6) is 0 Å². The van der Waals surface area contributed by atoms with Crippen LogP contribution in [0.15, 0.2) is 72.8 Å². The lowest BCUT2D eigenvalue weighted by Crippen LogP contribution is -2.60. The zero-order valence-corrected chi connectivity index (χ0v) is 25.9. The number of hydrogen-bond acceptors (Lipinski definition) is 6. The van der Waals surface area contributed by atoms with Crippen LogP contribution < -0.4 is 16.4 Å². The fourth-order valence-electron chi connectivity index (χ4n) is 5.17. The molecular weight excluding hydrogens is 556 g/mol. The third-order valence-corrected chi connectivity index (χ3v) is 7.81. The summed E-state index contributed by atoms with van der Waals surface area (Å²) < 4.78 is 0. The second-order valence-corrected chi connectivity index (χ2v) is 12.3. The lowest BCUT2D eigenvalue weighted by molar-refractivity contribution is -0.205. The number of nitriles is 1. The van der Waals surface area contributed by atoms with Crippen molar-refractivity contribution in [3.05, 3.63) is 95.1 Å². The van der Waals surface area contributed by atoms with Crippen molar-refractivity contribution in [2.24, 2.45) is 17.1 Å². The quantitative estimate of drug-likeness (QED) is 0.197. The summed E-state index contributed by atoms with van der Waals surface area (Å²) in [6.07, 6.45) is 0.753. The van der Waals surface area contributed by atoms with E-state index >= 15 is 0 Å². The van der Waals surface area contributed by atoms with Gasteiger partial charge in [-0.15, -0.1) is 0 Å². The lowest BCUT2D eigenvalue weighted by atomic mass is 9.84. The maximum absolute atomic E-state index is 13.5. The molecule has 0 aromatic heterocycles. The van der Waals surface area contributed by atoms with Crippen LogP contribution in [-0.4, -0.2) is 39.8 Å². The van der Waals surface area contributed by atoms with Crippen LogP contribution in [0.2, 0.25) is 0 Å². The Labute approximate surface area is 259 Å². The van der Waals surface area contributed by atoms with Gasteiger partial charge in [0, 0.05) is 0 Å². The third kappa shape index (κ3) is 8.53. The highest BCUT2D eigenvalue weighted by Gasteiger charge is 2.46. The molecule has 0 saturated heterocycles. The molecule has 0 fully saturated rings. The molecule has 0 aliphatic carbocycles. The predicted octanol–water partition coefficient (Wildman–Crippen LogP) is 4.05. The Hall–Kier alpha value is -4.52. The minimum Gasteiger partial charge on any atom is -0.365 e. The van der Waals surface area contributed by atoms with Crippen LogP contribution in [0.3, 0.4) is 0 Å². The van der Waals surface area contributed by atoms with E-state index in [1.54, 1.807) is 32.9 Å². The molecule has 0 radical (unpaired) electrons. The van der Waals surface area contributed by atoms with E-state index in [4.69, 9.17) is 11.0 Å². The average Bonchev–Trinajstić information content (AvgIpc) is 2.97. The number of rotatable bonds is 12. The number of aliphatic hydroxyl groups is 2. The van der Waals surface area contributed by atoms with E-state index in [1.165, 1.54) is 0 Å². The van der Waals surface area contributed by atoms with Crippen molar-refractivity contribution in [1.82, 2.24) is 10.6 Å². The Kier molecular flexibility index (Phi) is 11.0. The van der Waals surface area contributed by atoms with Crippen LogP contribution in [-0.2, 0) is 20.8 Å². The van der Waals surface area contributed by atoms with Crippen molar-refractivity contribution in [2.75, 3.05) is 0 Å². The lowest BCUT2D eigenvalue weighted by Gasteiger charge is -2.34. The first-order valence-corrected chi connectivity index (χ1v) is 14.7. The summed E-state index contributed by atoms with van der Waals surface area (Å²) in [5, 5.41) is 35.9. The first kappa shape index (κ1) is 34.0. The normalized spacial score (nSPS) is 13.7. The molecule has 3 aromatic rings. The van der Waals surface area contributed by atoms with Gasteiger partial charge >= 0.3 is 0 Å². The van der Waals surface area contributed by atoms with Gasteiger partial charge in [0.1, 0.15) is 12.0 Å². The molecule has 44 heavy (non-hydrogen) atoms. The van der Waals surface area contributed by atoms with Crippen molar-refractivity contribution < 1.29 is 24.6 Å². The molecule has 0 saturated carbocycles. The molecule has 0 aliphatic rings. The largest absolute Gasteiger partial charge is 0.365 e. The van der Waals surface area contributed by atoms with Gasteiger partial charge in [0.15, 0.2) is 0 Å². The van der Waals surface area contributed by atoms with Gasteiger partial charge < -0.3 is 26.6 Å². The van der Waals surface area contributed by atoms with Gasteiger partial charge in [-0.1, -0.05) is 81.4 Å². The molecular formula is C35H42N4O5. The second kappa shape index (κ2) is 14.3. The van der Waals surface area contributed by atoms with E-state index in [0.717, 1.165) is 27.8 Å².